The third kappa shape index (κ3) is 5.95. The minimum Gasteiger partial charge on any atom is -0.494 e. The zero-order chi connectivity index (χ0) is 17.4. The molecule has 0 bridgehead atoms. The number of rotatable bonds is 8. The summed E-state index contributed by atoms with van der Waals surface area (Å²) in [5, 5.41) is 2.94. The maximum Gasteiger partial charge on any atom is 0.220 e. The molecule has 0 aliphatic heterocycles. The van der Waals surface area contributed by atoms with Crippen LogP contribution in [0.25, 0.3) is 0 Å². The highest BCUT2D eigenvalue weighted by atomic mass is 16.5. The quantitative estimate of drug-likeness (QED) is 0.577. The van der Waals surface area contributed by atoms with Crippen LogP contribution < -0.4 is 15.8 Å². The van der Waals surface area contributed by atoms with Gasteiger partial charge in [0.25, 0.3) is 0 Å². The summed E-state index contributed by atoms with van der Waals surface area (Å²) < 4.78 is 5.69. The summed E-state index contributed by atoms with van der Waals surface area (Å²) in [5.74, 6) is 0.927. The van der Waals surface area contributed by atoms with E-state index >= 15 is 0 Å². The lowest BCUT2D eigenvalue weighted by Gasteiger charge is -2.09. The summed E-state index contributed by atoms with van der Waals surface area (Å²) in [5.41, 5.74) is 10.0. The normalized spacial score (nSPS) is 10.4. The fourth-order valence-electron chi connectivity index (χ4n) is 2.35. The Morgan fingerprint density at radius 3 is 2.54 bits per heavy atom. The molecule has 2 aromatic rings. The first kappa shape index (κ1) is 17.9. The summed E-state index contributed by atoms with van der Waals surface area (Å²) >= 11 is 0. The maximum absolute atomic E-state index is 11.8. The number of nitrogens with one attached hydrogen (secondary N) is 1. The third-order valence-corrected chi connectivity index (χ3v) is 4.01. The minimum absolute atomic E-state index is 0.0640. The second kappa shape index (κ2) is 8.96. The van der Waals surface area contributed by atoms with Crippen LogP contribution in [0.5, 0.6) is 5.75 Å². The smallest absolute Gasteiger partial charge is 0.220 e. The number of anilines is 1. The van der Waals surface area contributed by atoms with E-state index in [2.05, 4.69) is 25.2 Å². The molecular formula is C20H26N2O2. The van der Waals surface area contributed by atoms with E-state index < -0.39 is 0 Å². The largest absolute Gasteiger partial charge is 0.494 e. The molecule has 1 amide bonds. The average Bonchev–Trinajstić information content (AvgIpc) is 2.56. The van der Waals surface area contributed by atoms with Crippen molar-refractivity contribution in [1.82, 2.24) is 5.32 Å². The van der Waals surface area contributed by atoms with Gasteiger partial charge in [0.1, 0.15) is 5.75 Å². The van der Waals surface area contributed by atoms with Gasteiger partial charge in [-0.25, -0.2) is 0 Å². The Kier molecular flexibility index (Phi) is 6.67. The first-order valence-electron chi connectivity index (χ1n) is 8.36. The predicted octanol–water partition coefficient (Wildman–Crippen LogP) is 3.40. The number of carbonyl (C=O) groups is 1. The highest BCUT2D eigenvalue weighted by Crippen LogP contribution is 2.16. The first-order valence-corrected chi connectivity index (χ1v) is 8.36. The Balaban J connectivity index is 1.59. The fraction of sp³-hybridized carbons (Fsp3) is 0.350. The van der Waals surface area contributed by atoms with Gasteiger partial charge in [0.15, 0.2) is 0 Å². The summed E-state index contributed by atoms with van der Waals surface area (Å²) in [4.78, 5) is 11.8. The number of nitrogen functional groups attached to an aromatic ring is 1. The van der Waals surface area contributed by atoms with Crippen LogP contribution in [0.15, 0.2) is 42.5 Å². The molecule has 0 aliphatic rings. The van der Waals surface area contributed by atoms with E-state index in [1.54, 1.807) is 0 Å². The van der Waals surface area contributed by atoms with Crippen molar-refractivity contribution in [2.45, 2.75) is 33.1 Å². The minimum atomic E-state index is 0.0640. The van der Waals surface area contributed by atoms with Crippen LogP contribution in [0.3, 0.4) is 0 Å². The topological polar surface area (TPSA) is 64.3 Å². The lowest BCUT2D eigenvalue weighted by Crippen LogP contribution is -2.25. The van der Waals surface area contributed by atoms with Crippen molar-refractivity contribution in [3.8, 4) is 5.75 Å². The van der Waals surface area contributed by atoms with Crippen LogP contribution in [0.4, 0.5) is 5.69 Å². The number of hydrogen-bond acceptors (Lipinski definition) is 3. The molecule has 24 heavy (non-hydrogen) atoms. The lowest BCUT2D eigenvalue weighted by molar-refractivity contribution is -0.121. The van der Waals surface area contributed by atoms with Crippen molar-refractivity contribution >= 4 is 11.6 Å². The zero-order valence-corrected chi connectivity index (χ0v) is 14.5. The number of aryl methyl sites for hydroxylation is 2. The first-order chi connectivity index (χ1) is 11.5. The molecule has 0 saturated carbocycles. The SMILES string of the molecule is Cc1ccc(OCCCC(=O)NCCc2ccc(N)cc2)cc1C. The molecule has 0 radical (unpaired) electrons. The number of carbonyl (C=O) groups excluding carboxylic acids is 1. The number of hydrogen-bond donors (Lipinski definition) is 2. The van der Waals surface area contributed by atoms with Gasteiger partial charge in [0.05, 0.1) is 6.61 Å². The second-order valence-corrected chi connectivity index (χ2v) is 6.04. The number of ether oxygens (including phenoxy) is 1. The standard InChI is InChI=1S/C20H26N2O2/c1-15-5-10-19(14-16(15)2)24-13-3-4-20(23)22-12-11-17-6-8-18(21)9-7-17/h5-10,14H,3-4,11-13,21H2,1-2H3,(H,22,23). The molecule has 2 rings (SSSR count). The Morgan fingerprint density at radius 1 is 1.08 bits per heavy atom. The van der Waals surface area contributed by atoms with Crippen LogP contribution in [0, 0.1) is 13.8 Å². The molecule has 0 aliphatic carbocycles. The summed E-state index contributed by atoms with van der Waals surface area (Å²) in [7, 11) is 0. The lowest BCUT2D eigenvalue weighted by atomic mass is 10.1. The molecule has 0 heterocycles. The van der Waals surface area contributed by atoms with Gasteiger partial charge >= 0.3 is 0 Å². The highest BCUT2D eigenvalue weighted by Gasteiger charge is 2.02. The van der Waals surface area contributed by atoms with Crippen LogP contribution >= 0.6 is 0 Å². The third-order valence-electron chi connectivity index (χ3n) is 4.01. The van der Waals surface area contributed by atoms with Crippen LogP contribution in [-0.4, -0.2) is 19.1 Å². The summed E-state index contributed by atoms with van der Waals surface area (Å²) in [6, 6.07) is 13.8. The van der Waals surface area contributed by atoms with Gasteiger partial charge in [0.2, 0.25) is 5.91 Å². The Hall–Kier alpha value is -2.49. The second-order valence-electron chi connectivity index (χ2n) is 6.04. The van der Waals surface area contributed by atoms with Crippen molar-refractivity contribution in [2.24, 2.45) is 0 Å². The van der Waals surface area contributed by atoms with E-state index in [-0.39, 0.29) is 5.91 Å². The van der Waals surface area contributed by atoms with E-state index in [0.717, 1.165) is 17.9 Å². The van der Waals surface area contributed by atoms with Gasteiger partial charge in [-0.15, -0.1) is 0 Å². The van der Waals surface area contributed by atoms with Crippen LogP contribution in [0.2, 0.25) is 0 Å². The molecule has 3 N–H and O–H groups in total. The van der Waals surface area contributed by atoms with Crippen molar-refractivity contribution < 1.29 is 9.53 Å². The van der Waals surface area contributed by atoms with Gasteiger partial charge in [0, 0.05) is 18.7 Å². The molecule has 0 aromatic heterocycles. The van der Waals surface area contributed by atoms with Gasteiger partial charge in [-0.3, -0.25) is 4.79 Å². The van der Waals surface area contributed by atoms with Gasteiger partial charge in [-0.05, 0) is 67.6 Å². The number of benzene rings is 2. The van der Waals surface area contributed by atoms with E-state index in [4.69, 9.17) is 10.5 Å². The molecule has 0 unspecified atom stereocenters. The molecule has 4 nitrogen and oxygen atoms in total. The molecule has 128 valence electrons. The maximum atomic E-state index is 11.8. The van der Waals surface area contributed by atoms with Crippen molar-refractivity contribution in [3.05, 3.63) is 59.2 Å². The van der Waals surface area contributed by atoms with E-state index in [9.17, 15) is 4.79 Å². The van der Waals surface area contributed by atoms with Gasteiger partial charge < -0.3 is 15.8 Å². The van der Waals surface area contributed by atoms with Crippen molar-refractivity contribution in [3.63, 3.8) is 0 Å². The van der Waals surface area contributed by atoms with Gasteiger partial charge in [-0.2, -0.15) is 0 Å². The predicted molar refractivity (Wildman–Crippen MR) is 98.2 cm³/mol. The average molecular weight is 326 g/mol. The molecule has 0 spiro atoms. The van der Waals surface area contributed by atoms with Gasteiger partial charge in [-0.1, -0.05) is 18.2 Å². The van der Waals surface area contributed by atoms with E-state index in [1.165, 1.54) is 16.7 Å². The Bertz CT molecular complexity index is 666. The number of nitrogens with two attached hydrogens (primary N) is 1. The van der Waals surface area contributed by atoms with Crippen LogP contribution in [-0.2, 0) is 11.2 Å². The zero-order valence-electron chi connectivity index (χ0n) is 14.5. The molecule has 4 heteroatoms. The fourth-order valence-corrected chi connectivity index (χ4v) is 2.35. The Labute approximate surface area is 144 Å². The molecule has 2 aromatic carbocycles. The number of amides is 1. The van der Waals surface area contributed by atoms with Crippen LogP contribution in [0.1, 0.15) is 29.5 Å². The molecule has 0 fully saturated rings. The molecule has 0 saturated heterocycles. The summed E-state index contributed by atoms with van der Waals surface area (Å²) in [6.45, 7) is 5.33. The van der Waals surface area contributed by atoms with Crippen molar-refractivity contribution in [2.75, 3.05) is 18.9 Å². The highest BCUT2D eigenvalue weighted by molar-refractivity contribution is 5.75. The molecular weight excluding hydrogens is 300 g/mol. The Morgan fingerprint density at radius 2 is 1.83 bits per heavy atom. The monoisotopic (exact) mass is 326 g/mol. The van der Waals surface area contributed by atoms with E-state index in [0.29, 0.717) is 26.0 Å². The van der Waals surface area contributed by atoms with Crippen molar-refractivity contribution in [1.29, 1.82) is 0 Å². The summed E-state index contributed by atoms with van der Waals surface area (Å²) in [6.07, 6.45) is 2.00. The van der Waals surface area contributed by atoms with E-state index in [1.807, 2.05) is 36.4 Å². The molecule has 0 atom stereocenters.